The third-order valence-corrected chi connectivity index (χ3v) is 3.99. The molecule has 2 atom stereocenters. The van der Waals surface area contributed by atoms with E-state index in [4.69, 9.17) is 5.11 Å². The number of hydrogen-bond acceptors (Lipinski definition) is 2. The highest BCUT2D eigenvalue weighted by Crippen LogP contribution is 2.27. The lowest BCUT2D eigenvalue weighted by Crippen LogP contribution is -2.26. The second kappa shape index (κ2) is 5.53. The number of carbonyl (C=O) groups is 1. The summed E-state index contributed by atoms with van der Waals surface area (Å²) in [5.74, 6) is -0.853. The molecule has 3 nitrogen and oxygen atoms in total. The molecule has 2 rings (SSSR count). The fourth-order valence-corrected chi connectivity index (χ4v) is 2.58. The number of nitrogens with zero attached hydrogens (tertiary/aromatic N) is 1. The maximum absolute atomic E-state index is 11.0. The summed E-state index contributed by atoms with van der Waals surface area (Å²) in [6.45, 7) is 5.86. The van der Waals surface area contributed by atoms with Gasteiger partial charge in [-0.3, -0.25) is 9.69 Å². The minimum atomic E-state index is -0.661. The van der Waals surface area contributed by atoms with Crippen molar-refractivity contribution in [1.29, 1.82) is 0 Å². The molecular weight excluding hydrogens is 226 g/mol. The Bertz CT molecular complexity index is 413. The Balaban J connectivity index is 2.02. The van der Waals surface area contributed by atoms with Gasteiger partial charge in [-0.1, -0.05) is 31.2 Å². The predicted molar refractivity (Wildman–Crippen MR) is 71.6 cm³/mol. The summed E-state index contributed by atoms with van der Waals surface area (Å²) < 4.78 is 0. The molecule has 0 bridgehead atoms. The predicted octanol–water partition coefficient (Wildman–Crippen LogP) is 2.72. The third-order valence-electron chi connectivity index (χ3n) is 3.99. The van der Waals surface area contributed by atoms with Crippen LogP contribution in [0, 0.1) is 5.92 Å². The number of rotatable bonds is 4. The van der Waals surface area contributed by atoms with Crippen LogP contribution in [0.15, 0.2) is 24.3 Å². The SMILES string of the molecule is CCc1ccc(C(C)N2CCC(C(=O)O)C2)cc1. The summed E-state index contributed by atoms with van der Waals surface area (Å²) in [6.07, 6.45) is 1.83. The highest BCUT2D eigenvalue weighted by Gasteiger charge is 2.30. The molecule has 1 saturated heterocycles. The molecule has 0 aliphatic carbocycles. The van der Waals surface area contributed by atoms with Crippen molar-refractivity contribution in [3.8, 4) is 0 Å². The second-order valence-corrected chi connectivity index (χ2v) is 5.09. The quantitative estimate of drug-likeness (QED) is 0.889. The standard InChI is InChI=1S/C15H21NO2/c1-3-12-4-6-13(7-5-12)11(2)16-9-8-14(10-16)15(17)18/h4-7,11,14H,3,8-10H2,1-2H3,(H,17,18). The van der Waals surface area contributed by atoms with Crippen LogP contribution in [0.4, 0.5) is 0 Å². The normalized spacial score (nSPS) is 22.0. The van der Waals surface area contributed by atoms with Crippen LogP contribution < -0.4 is 0 Å². The molecule has 1 fully saturated rings. The minimum Gasteiger partial charge on any atom is -0.481 e. The number of aryl methyl sites for hydroxylation is 1. The van der Waals surface area contributed by atoms with Gasteiger partial charge in [0.1, 0.15) is 0 Å². The zero-order chi connectivity index (χ0) is 13.1. The molecule has 0 radical (unpaired) electrons. The summed E-state index contributed by atoms with van der Waals surface area (Å²) in [7, 11) is 0. The van der Waals surface area contributed by atoms with Crippen molar-refractivity contribution in [3.05, 3.63) is 35.4 Å². The molecule has 0 amide bonds. The Morgan fingerprint density at radius 3 is 2.61 bits per heavy atom. The van der Waals surface area contributed by atoms with Crippen LogP contribution in [0.25, 0.3) is 0 Å². The van der Waals surface area contributed by atoms with Crippen molar-refractivity contribution in [2.45, 2.75) is 32.7 Å². The Morgan fingerprint density at radius 2 is 2.11 bits per heavy atom. The van der Waals surface area contributed by atoms with Crippen molar-refractivity contribution in [2.75, 3.05) is 13.1 Å². The number of likely N-dealkylation sites (tertiary alicyclic amines) is 1. The Kier molecular flexibility index (Phi) is 4.02. The van der Waals surface area contributed by atoms with E-state index in [1.807, 2.05) is 0 Å². The first kappa shape index (κ1) is 13.1. The molecule has 1 aliphatic heterocycles. The van der Waals surface area contributed by atoms with Gasteiger partial charge in [0, 0.05) is 12.6 Å². The van der Waals surface area contributed by atoms with Crippen LogP contribution >= 0.6 is 0 Å². The number of carboxylic acid groups (broad SMARTS) is 1. The highest BCUT2D eigenvalue weighted by atomic mass is 16.4. The van der Waals surface area contributed by atoms with Crippen LogP contribution in [-0.4, -0.2) is 29.1 Å². The van der Waals surface area contributed by atoms with Crippen molar-refractivity contribution in [3.63, 3.8) is 0 Å². The molecule has 1 heterocycles. The van der Waals surface area contributed by atoms with E-state index in [9.17, 15) is 4.79 Å². The van der Waals surface area contributed by atoms with E-state index in [0.717, 1.165) is 19.4 Å². The first-order valence-electron chi connectivity index (χ1n) is 6.67. The third kappa shape index (κ3) is 2.72. The summed E-state index contributed by atoms with van der Waals surface area (Å²) >= 11 is 0. The Morgan fingerprint density at radius 1 is 1.44 bits per heavy atom. The van der Waals surface area contributed by atoms with E-state index in [-0.39, 0.29) is 5.92 Å². The van der Waals surface area contributed by atoms with Crippen molar-refractivity contribution >= 4 is 5.97 Å². The number of benzene rings is 1. The Hall–Kier alpha value is -1.35. The molecule has 98 valence electrons. The Labute approximate surface area is 108 Å². The second-order valence-electron chi connectivity index (χ2n) is 5.09. The van der Waals surface area contributed by atoms with E-state index in [2.05, 4.69) is 43.0 Å². The number of carboxylic acids is 1. The van der Waals surface area contributed by atoms with Gasteiger partial charge in [-0.25, -0.2) is 0 Å². The first-order chi connectivity index (χ1) is 8.61. The topological polar surface area (TPSA) is 40.5 Å². The molecule has 1 aromatic carbocycles. The van der Waals surface area contributed by atoms with Gasteiger partial charge < -0.3 is 5.11 Å². The maximum atomic E-state index is 11.0. The monoisotopic (exact) mass is 247 g/mol. The smallest absolute Gasteiger partial charge is 0.307 e. The number of aliphatic carboxylic acids is 1. The molecule has 0 saturated carbocycles. The summed E-state index contributed by atoms with van der Waals surface area (Å²) in [4.78, 5) is 13.2. The molecule has 2 unspecified atom stereocenters. The van der Waals surface area contributed by atoms with Crippen LogP contribution in [-0.2, 0) is 11.2 Å². The molecule has 0 aromatic heterocycles. The van der Waals surface area contributed by atoms with Crippen molar-refractivity contribution in [2.24, 2.45) is 5.92 Å². The maximum Gasteiger partial charge on any atom is 0.307 e. The fourth-order valence-electron chi connectivity index (χ4n) is 2.58. The van der Waals surface area contributed by atoms with E-state index < -0.39 is 5.97 Å². The van der Waals surface area contributed by atoms with Crippen LogP contribution in [0.1, 0.15) is 37.4 Å². The van der Waals surface area contributed by atoms with Gasteiger partial charge in [-0.2, -0.15) is 0 Å². The lowest BCUT2D eigenvalue weighted by Gasteiger charge is -2.24. The first-order valence-corrected chi connectivity index (χ1v) is 6.67. The van der Waals surface area contributed by atoms with Gasteiger partial charge in [0.05, 0.1) is 5.92 Å². The lowest BCUT2D eigenvalue weighted by molar-refractivity contribution is -0.141. The zero-order valence-electron chi connectivity index (χ0n) is 11.1. The fraction of sp³-hybridized carbons (Fsp3) is 0.533. The molecule has 1 N–H and O–H groups in total. The van der Waals surface area contributed by atoms with Gasteiger partial charge in [-0.15, -0.1) is 0 Å². The van der Waals surface area contributed by atoms with E-state index >= 15 is 0 Å². The van der Waals surface area contributed by atoms with Gasteiger partial charge in [0.25, 0.3) is 0 Å². The molecule has 18 heavy (non-hydrogen) atoms. The van der Waals surface area contributed by atoms with Gasteiger partial charge in [-0.05, 0) is 37.4 Å². The molecular formula is C15H21NO2. The van der Waals surface area contributed by atoms with Gasteiger partial charge in [0.2, 0.25) is 0 Å². The van der Waals surface area contributed by atoms with Crippen LogP contribution in [0.3, 0.4) is 0 Å². The molecule has 1 aliphatic rings. The summed E-state index contributed by atoms with van der Waals surface area (Å²) in [6, 6.07) is 8.96. The summed E-state index contributed by atoms with van der Waals surface area (Å²) in [5.41, 5.74) is 2.62. The largest absolute Gasteiger partial charge is 0.481 e. The molecule has 0 spiro atoms. The van der Waals surface area contributed by atoms with E-state index in [1.165, 1.54) is 11.1 Å². The highest BCUT2D eigenvalue weighted by molar-refractivity contribution is 5.70. The zero-order valence-corrected chi connectivity index (χ0v) is 11.1. The van der Waals surface area contributed by atoms with E-state index in [0.29, 0.717) is 12.6 Å². The van der Waals surface area contributed by atoms with Crippen molar-refractivity contribution in [1.82, 2.24) is 4.90 Å². The average Bonchev–Trinajstić information content (AvgIpc) is 2.88. The van der Waals surface area contributed by atoms with Crippen LogP contribution in [0.2, 0.25) is 0 Å². The van der Waals surface area contributed by atoms with Crippen molar-refractivity contribution < 1.29 is 9.90 Å². The van der Waals surface area contributed by atoms with Gasteiger partial charge >= 0.3 is 5.97 Å². The lowest BCUT2D eigenvalue weighted by atomic mass is 10.0. The number of hydrogen-bond donors (Lipinski definition) is 1. The van der Waals surface area contributed by atoms with E-state index in [1.54, 1.807) is 0 Å². The van der Waals surface area contributed by atoms with Gasteiger partial charge in [0.15, 0.2) is 0 Å². The average molecular weight is 247 g/mol. The summed E-state index contributed by atoms with van der Waals surface area (Å²) in [5, 5.41) is 9.03. The molecule has 3 heteroatoms. The molecule has 1 aromatic rings. The van der Waals surface area contributed by atoms with Crippen LogP contribution in [0.5, 0.6) is 0 Å². The minimum absolute atomic E-state index is 0.192.